The molecular formula is C14H23N3O2S. The molecule has 1 aromatic rings. The van der Waals surface area contributed by atoms with E-state index in [9.17, 15) is 8.42 Å². The van der Waals surface area contributed by atoms with Crippen molar-refractivity contribution in [3.63, 3.8) is 0 Å². The molecule has 0 saturated heterocycles. The third kappa shape index (κ3) is 4.94. The van der Waals surface area contributed by atoms with Gasteiger partial charge in [-0.05, 0) is 11.5 Å². The van der Waals surface area contributed by atoms with Gasteiger partial charge in [-0.3, -0.25) is 5.41 Å². The molecule has 0 bridgehead atoms. The summed E-state index contributed by atoms with van der Waals surface area (Å²) < 4.78 is 26.1. The summed E-state index contributed by atoms with van der Waals surface area (Å²) in [5, 5.41) is 7.20. The molecule has 0 aliphatic carbocycles. The fraction of sp³-hybridized carbons (Fsp3) is 0.500. The van der Waals surface area contributed by atoms with Gasteiger partial charge in [-0.2, -0.15) is 0 Å². The largest absolute Gasteiger partial charge is 0.388 e. The van der Waals surface area contributed by atoms with Crippen molar-refractivity contribution in [2.24, 2.45) is 5.73 Å². The summed E-state index contributed by atoms with van der Waals surface area (Å²) >= 11 is 0. The summed E-state index contributed by atoms with van der Waals surface area (Å²) in [4.78, 5) is 0. The predicted molar refractivity (Wildman–Crippen MR) is 82.4 cm³/mol. The van der Waals surface area contributed by atoms with Crippen LogP contribution in [0.3, 0.4) is 0 Å². The maximum absolute atomic E-state index is 12.4. The molecule has 1 unspecified atom stereocenters. The molecule has 0 heterocycles. The molecule has 5 nitrogen and oxygen atoms in total. The highest BCUT2D eigenvalue weighted by Gasteiger charge is 2.23. The van der Waals surface area contributed by atoms with Gasteiger partial charge in [0.25, 0.3) is 0 Å². The van der Waals surface area contributed by atoms with Gasteiger partial charge in [-0.15, -0.1) is 0 Å². The standard InChI is InChI=1S/C14H23N3O2S/c1-3-17(10-9-14(15)16)20(18,19)11-12(2)13-7-5-4-6-8-13/h4-8,12H,3,9-11H2,1-2H3,(H3,15,16). The number of amidine groups is 1. The normalized spacial score (nSPS) is 13.3. The van der Waals surface area contributed by atoms with Crippen LogP contribution >= 0.6 is 0 Å². The lowest BCUT2D eigenvalue weighted by Crippen LogP contribution is -2.36. The van der Waals surface area contributed by atoms with Crippen LogP contribution in [0, 0.1) is 5.41 Å². The van der Waals surface area contributed by atoms with E-state index in [0.29, 0.717) is 6.54 Å². The monoisotopic (exact) mass is 297 g/mol. The number of sulfonamides is 1. The third-order valence-corrected chi connectivity index (χ3v) is 5.35. The highest BCUT2D eigenvalue weighted by atomic mass is 32.2. The van der Waals surface area contributed by atoms with Crippen LogP contribution in [0.5, 0.6) is 0 Å². The van der Waals surface area contributed by atoms with Crippen LogP contribution in [-0.2, 0) is 10.0 Å². The Morgan fingerprint density at radius 1 is 1.35 bits per heavy atom. The molecule has 6 heteroatoms. The van der Waals surface area contributed by atoms with Gasteiger partial charge < -0.3 is 5.73 Å². The first-order valence-electron chi connectivity index (χ1n) is 6.72. The first-order chi connectivity index (χ1) is 9.36. The van der Waals surface area contributed by atoms with Crippen LogP contribution in [0.4, 0.5) is 0 Å². The van der Waals surface area contributed by atoms with Gasteiger partial charge in [-0.1, -0.05) is 44.2 Å². The second kappa shape index (κ2) is 7.40. The molecule has 1 aromatic carbocycles. The van der Waals surface area contributed by atoms with E-state index in [4.69, 9.17) is 11.1 Å². The van der Waals surface area contributed by atoms with Crippen molar-refractivity contribution in [2.75, 3.05) is 18.8 Å². The lowest BCUT2D eigenvalue weighted by Gasteiger charge is -2.22. The summed E-state index contributed by atoms with van der Waals surface area (Å²) in [5.41, 5.74) is 6.31. The van der Waals surface area contributed by atoms with Crippen LogP contribution in [0.15, 0.2) is 30.3 Å². The van der Waals surface area contributed by atoms with Gasteiger partial charge in [0.1, 0.15) is 0 Å². The first-order valence-corrected chi connectivity index (χ1v) is 8.33. The Bertz CT molecular complexity index is 529. The Labute approximate surface area is 121 Å². The lowest BCUT2D eigenvalue weighted by molar-refractivity contribution is 0.434. The van der Waals surface area contributed by atoms with E-state index in [0.717, 1.165) is 5.56 Å². The van der Waals surface area contributed by atoms with Crippen molar-refractivity contribution in [2.45, 2.75) is 26.2 Å². The fourth-order valence-electron chi connectivity index (χ4n) is 2.04. The number of nitrogens with two attached hydrogens (primary N) is 1. The zero-order valence-electron chi connectivity index (χ0n) is 12.0. The molecule has 0 amide bonds. The molecule has 112 valence electrons. The average Bonchev–Trinajstić information content (AvgIpc) is 2.39. The number of benzene rings is 1. The summed E-state index contributed by atoms with van der Waals surface area (Å²) in [5.74, 6) is 0.0188. The van der Waals surface area contributed by atoms with E-state index in [2.05, 4.69) is 0 Å². The van der Waals surface area contributed by atoms with Crippen molar-refractivity contribution in [1.29, 1.82) is 5.41 Å². The third-order valence-electron chi connectivity index (χ3n) is 3.21. The molecular weight excluding hydrogens is 274 g/mol. The van der Waals surface area contributed by atoms with Gasteiger partial charge in [-0.25, -0.2) is 12.7 Å². The van der Waals surface area contributed by atoms with Crippen LogP contribution < -0.4 is 5.73 Å². The van der Waals surface area contributed by atoms with Gasteiger partial charge in [0.2, 0.25) is 10.0 Å². The second-order valence-electron chi connectivity index (χ2n) is 4.86. The van der Waals surface area contributed by atoms with E-state index in [-0.39, 0.29) is 30.5 Å². The maximum Gasteiger partial charge on any atom is 0.214 e. The van der Waals surface area contributed by atoms with Crippen molar-refractivity contribution in [3.8, 4) is 0 Å². The van der Waals surface area contributed by atoms with Crippen LogP contribution in [0.1, 0.15) is 31.7 Å². The number of hydrogen-bond acceptors (Lipinski definition) is 3. The lowest BCUT2D eigenvalue weighted by atomic mass is 10.0. The molecule has 20 heavy (non-hydrogen) atoms. The van der Waals surface area contributed by atoms with Crippen LogP contribution in [0.25, 0.3) is 0 Å². The Balaban J connectivity index is 2.74. The van der Waals surface area contributed by atoms with Gasteiger partial charge in [0.15, 0.2) is 0 Å². The number of rotatable bonds is 8. The summed E-state index contributed by atoms with van der Waals surface area (Å²) in [6, 6.07) is 9.60. The molecule has 0 saturated carbocycles. The molecule has 0 aliphatic heterocycles. The molecule has 0 spiro atoms. The minimum absolute atomic E-state index is 0.00904. The number of hydrogen-bond donors (Lipinski definition) is 2. The summed E-state index contributed by atoms with van der Waals surface area (Å²) in [6.07, 6.45) is 0.271. The smallest absolute Gasteiger partial charge is 0.214 e. The molecule has 1 rings (SSSR count). The molecule has 1 atom stereocenters. The average molecular weight is 297 g/mol. The minimum Gasteiger partial charge on any atom is -0.388 e. The summed E-state index contributed by atoms with van der Waals surface area (Å²) in [7, 11) is -3.33. The highest BCUT2D eigenvalue weighted by molar-refractivity contribution is 7.89. The van der Waals surface area contributed by atoms with Crippen molar-refractivity contribution in [3.05, 3.63) is 35.9 Å². The first kappa shape index (κ1) is 16.7. The predicted octanol–water partition coefficient (Wildman–Crippen LogP) is 1.77. The highest BCUT2D eigenvalue weighted by Crippen LogP contribution is 2.18. The zero-order chi connectivity index (χ0) is 15.2. The topological polar surface area (TPSA) is 87.2 Å². The van der Waals surface area contributed by atoms with Gasteiger partial charge in [0, 0.05) is 19.5 Å². The second-order valence-corrected chi connectivity index (χ2v) is 6.87. The molecule has 0 fully saturated rings. The van der Waals surface area contributed by atoms with E-state index < -0.39 is 10.0 Å². The van der Waals surface area contributed by atoms with Crippen molar-refractivity contribution >= 4 is 15.9 Å². The van der Waals surface area contributed by atoms with Gasteiger partial charge in [0.05, 0.1) is 11.6 Å². The Morgan fingerprint density at radius 3 is 2.45 bits per heavy atom. The Kier molecular flexibility index (Phi) is 6.16. The molecule has 0 radical (unpaired) electrons. The molecule has 3 N–H and O–H groups in total. The van der Waals surface area contributed by atoms with Crippen LogP contribution in [0.2, 0.25) is 0 Å². The number of nitrogens with zero attached hydrogens (tertiary/aromatic N) is 1. The van der Waals surface area contributed by atoms with Crippen LogP contribution in [-0.4, -0.2) is 37.4 Å². The summed E-state index contributed by atoms with van der Waals surface area (Å²) in [6.45, 7) is 4.38. The van der Waals surface area contributed by atoms with Crippen molar-refractivity contribution < 1.29 is 8.42 Å². The quantitative estimate of drug-likeness (QED) is 0.566. The van der Waals surface area contributed by atoms with E-state index in [1.165, 1.54) is 4.31 Å². The Hall–Kier alpha value is -1.40. The maximum atomic E-state index is 12.4. The number of nitrogens with one attached hydrogen (secondary N) is 1. The van der Waals surface area contributed by atoms with E-state index >= 15 is 0 Å². The Morgan fingerprint density at radius 2 is 1.95 bits per heavy atom. The molecule has 0 aliphatic rings. The zero-order valence-corrected chi connectivity index (χ0v) is 12.9. The molecule has 0 aromatic heterocycles. The van der Waals surface area contributed by atoms with Crippen molar-refractivity contribution in [1.82, 2.24) is 4.31 Å². The minimum atomic E-state index is -3.33. The fourth-order valence-corrected chi connectivity index (χ4v) is 3.84. The van der Waals surface area contributed by atoms with Gasteiger partial charge >= 0.3 is 0 Å². The SMILES string of the molecule is CCN(CCC(=N)N)S(=O)(=O)CC(C)c1ccccc1. The van der Waals surface area contributed by atoms with E-state index in [1.807, 2.05) is 37.3 Å². The van der Waals surface area contributed by atoms with E-state index in [1.54, 1.807) is 6.92 Å².